The van der Waals surface area contributed by atoms with Gasteiger partial charge in [0.2, 0.25) is 10.0 Å². The lowest BCUT2D eigenvalue weighted by molar-refractivity contribution is -0.100. The molecule has 2 aromatic rings. The summed E-state index contributed by atoms with van der Waals surface area (Å²) in [5.41, 5.74) is 0.574. The maximum atomic E-state index is 13.4. The fourth-order valence-electron chi connectivity index (χ4n) is 4.89. The van der Waals surface area contributed by atoms with Crippen LogP contribution in [0.4, 0.5) is 0 Å². The summed E-state index contributed by atoms with van der Waals surface area (Å²) in [7, 11) is -1.88. The Morgan fingerprint density at radius 3 is 2.56 bits per heavy atom. The van der Waals surface area contributed by atoms with E-state index in [4.69, 9.17) is 0 Å². The molecule has 0 unspecified atom stereocenters. The number of aromatic nitrogens is 2. The fraction of sp³-hybridized carbons (Fsp3) is 0.550. The lowest BCUT2D eigenvalue weighted by atomic mass is 9.67. The molecule has 1 aliphatic carbocycles. The Kier molecular flexibility index (Phi) is 4.64. The molecular weight excluding hydrogens is 362 g/mol. The Bertz CT molecular complexity index is 925. The molecule has 0 amide bonds. The van der Waals surface area contributed by atoms with Crippen molar-refractivity contribution in [1.82, 2.24) is 14.1 Å². The zero-order valence-corrected chi connectivity index (χ0v) is 16.7. The molecule has 6 nitrogen and oxygen atoms in total. The van der Waals surface area contributed by atoms with Crippen molar-refractivity contribution in [3.05, 3.63) is 47.8 Å². The minimum Gasteiger partial charge on any atom is -0.385 e. The van der Waals surface area contributed by atoms with E-state index in [1.54, 1.807) is 23.0 Å². The number of sulfonamides is 1. The van der Waals surface area contributed by atoms with Crippen molar-refractivity contribution in [3.8, 4) is 0 Å². The van der Waals surface area contributed by atoms with E-state index >= 15 is 0 Å². The molecule has 1 aromatic heterocycles. The van der Waals surface area contributed by atoms with E-state index in [2.05, 4.69) is 5.10 Å². The van der Waals surface area contributed by atoms with Crippen LogP contribution in [0.15, 0.2) is 41.4 Å². The van der Waals surface area contributed by atoms with Gasteiger partial charge in [-0.2, -0.15) is 9.40 Å². The van der Waals surface area contributed by atoms with Gasteiger partial charge in [-0.25, -0.2) is 8.42 Å². The second kappa shape index (κ2) is 6.72. The predicted molar refractivity (Wildman–Crippen MR) is 103 cm³/mol. The molecule has 0 bridgehead atoms. The van der Waals surface area contributed by atoms with E-state index in [0.717, 1.165) is 31.2 Å². The third kappa shape index (κ3) is 2.92. The fourth-order valence-corrected chi connectivity index (χ4v) is 6.77. The van der Waals surface area contributed by atoms with Crippen LogP contribution in [-0.4, -0.2) is 40.2 Å². The van der Waals surface area contributed by atoms with E-state index in [9.17, 15) is 13.5 Å². The molecule has 2 fully saturated rings. The molecule has 1 aromatic carbocycles. The molecule has 27 heavy (non-hydrogen) atoms. The second-order valence-corrected chi connectivity index (χ2v) is 9.69. The Morgan fingerprint density at radius 2 is 1.89 bits per heavy atom. The number of hydrogen-bond donors (Lipinski definition) is 1. The Balaban J connectivity index is 1.73. The van der Waals surface area contributed by atoms with E-state index in [-0.39, 0.29) is 16.9 Å². The first-order valence-corrected chi connectivity index (χ1v) is 11.1. The number of piperidine rings is 1. The average Bonchev–Trinajstić information content (AvgIpc) is 3.02. The molecule has 146 valence electrons. The van der Waals surface area contributed by atoms with Gasteiger partial charge in [0.25, 0.3) is 0 Å². The molecule has 0 spiro atoms. The van der Waals surface area contributed by atoms with Crippen molar-refractivity contribution in [2.24, 2.45) is 13.0 Å². The summed E-state index contributed by atoms with van der Waals surface area (Å²) in [5, 5.41) is 15.7. The molecule has 2 heterocycles. The van der Waals surface area contributed by atoms with Gasteiger partial charge in [0.1, 0.15) is 4.90 Å². The summed E-state index contributed by atoms with van der Waals surface area (Å²) >= 11 is 0. The van der Waals surface area contributed by atoms with Gasteiger partial charge in [0.05, 0.1) is 17.5 Å². The number of benzene rings is 1. The van der Waals surface area contributed by atoms with Crippen molar-refractivity contribution in [3.63, 3.8) is 0 Å². The third-order valence-corrected chi connectivity index (χ3v) is 8.50. The highest BCUT2D eigenvalue weighted by molar-refractivity contribution is 7.89. The van der Waals surface area contributed by atoms with Crippen LogP contribution in [0.1, 0.15) is 43.4 Å². The van der Waals surface area contributed by atoms with Gasteiger partial charge in [-0.3, -0.25) is 4.68 Å². The summed E-state index contributed by atoms with van der Waals surface area (Å²) in [5.74, 6) is -0.0887. The summed E-state index contributed by atoms with van der Waals surface area (Å²) < 4.78 is 30.1. The Hall–Kier alpha value is -1.70. The quantitative estimate of drug-likeness (QED) is 0.875. The van der Waals surface area contributed by atoms with E-state index < -0.39 is 15.6 Å². The van der Waals surface area contributed by atoms with Crippen LogP contribution in [0.5, 0.6) is 0 Å². The number of hydrogen-bond acceptors (Lipinski definition) is 4. The molecule has 1 N–H and O–H groups in total. The first-order valence-electron chi connectivity index (χ1n) is 9.64. The van der Waals surface area contributed by atoms with Gasteiger partial charge in [-0.15, -0.1) is 0 Å². The minimum absolute atomic E-state index is 0.0887. The van der Waals surface area contributed by atoms with Crippen molar-refractivity contribution in [1.29, 1.82) is 0 Å². The highest BCUT2D eigenvalue weighted by Gasteiger charge is 2.52. The molecule has 3 atom stereocenters. The van der Waals surface area contributed by atoms with Crippen molar-refractivity contribution in [2.45, 2.75) is 55.6 Å². The third-order valence-electron chi connectivity index (χ3n) is 6.48. The number of aliphatic hydroxyl groups is 1. The van der Waals surface area contributed by atoms with E-state index in [1.807, 2.05) is 30.3 Å². The van der Waals surface area contributed by atoms with E-state index in [0.29, 0.717) is 18.7 Å². The van der Waals surface area contributed by atoms with Gasteiger partial charge in [-0.05, 0) is 31.7 Å². The lowest BCUT2D eigenvalue weighted by Gasteiger charge is -2.51. The molecular formula is C20H27N3O3S. The monoisotopic (exact) mass is 389 g/mol. The van der Waals surface area contributed by atoms with Gasteiger partial charge in [0, 0.05) is 25.6 Å². The summed E-state index contributed by atoms with van der Waals surface area (Å²) in [6, 6.07) is 9.56. The van der Waals surface area contributed by atoms with Crippen LogP contribution in [0.2, 0.25) is 0 Å². The number of nitrogens with zero attached hydrogens (tertiary/aromatic N) is 3. The normalized spacial score (nSPS) is 29.4. The van der Waals surface area contributed by atoms with Crippen molar-refractivity contribution >= 4 is 10.0 Å². The first-order chi connectivity index (χ1) is 12.9. The zero-order valence-electron chi connectivity index (χ0n) is 15.9. The van der Waals surface area contributed by atoms with Crippen LogP contribution in [0.25, 0.3) is 0 Å². The largest absolute Gasteiger partial charge is 0.385 e. The minimum atomic E-state index is -3.64. The maximum Gasteiger partial charge on any atom is 0.246 e. The summed E-state index contributed by atoms with van der Waals surface area (Å²) in [6.07, 6.45) is 5.50. The Morgan fingerprint density at radius 1 is 1.19 bits per heavy atom. The number of fused-ring (bicyclic) bond motifs is 1. The molecule has 1 saturated heterocycles. The predicted octanol–water partition coefficient (Wildman–Crippen LogP) is 2.57. The van der Waals surface area contributed by atoms with Gasteiger partial charge >= 0.3 is 0 Å². The molecule has 0 radical (unpaired) electrons. The van der Waals surface area contributed by atoms with Gasteiger partial charge < -0.3 is 5.11 Å². The molecule has 1 aliphatic heterocycles. The number of rotatable bonds is 3. The van der Waals surface area contributed by atoms with Crippen molar-refractivity contribution in [2.75, 3.05) is 6.54 Å². The maximum absolute atomic E-state index is 13.4. The molecule has 4 rings (SSSR count). The van der Waals surface area contributed by atoms with Crippen molar-refractivity contribution < 1.29 is 13.5 Å². The van der Waals surface area contributed by atoms with Gasteiger partial charge in [-0.1, -0.05) is 43.2 Å². The topological polar surface area (TPSA) is 75.4 Å². The number of aryl methyl sites for hydroxylation is 1. The average molecular weight is 390 g/mol. The zero-order chi connectivity index (χ0) is 19.2. The molecule has 2 aliphatic rings. The highest BCUT2D eigenvalue weighted by atomic mass is 32.2. The van der Waals surface area contributed by atoms with Crippen LogP contribution < -0.4 is 0 Å². The van der Waals surface area contributed by atoms with Crippen LogP contribution in [0, 0.1) is 12.8 Å². The molecule has 7 heteroatoms. The van der Waals surface area contributed by atoms with Gasteiger partial charge in [0.15, 0.2) is 0 Å². The summed E-state index contributed by atoms with van der Waals surface area (Å²) in [4.78, 5) is 0.277. The molecule has 1 saturated carbocycles. The van der Waals surface area contributed by atoms with E-state index in [1.165, 1.54) is 6.20 Å². The second-order valence-electron chi connectivity index (χ2n) is 7.83. The summed E-state index contributed by atoms with van der Waals surface area (Å²) in [6.45, 7) is 2.10. The van der Waals surface area contributed by atoms with Crippen LogP contribution in [0.3, 0.4) is 0 Å². The Labute approximate surface area is 160 Å². The standard InChI is InChI=1S/C20H27N3O3S/c1-15-19(14-21-22(15)2)27(25,26)23-13-12-20(24,16-8-4-3-5-9-16)17-10-6-7-11-18(17)23/h3-5,8-9,14,17-18,24H,6-7,10-13H2,1-2H3/t17-,18+,20+/m0/s1. The van der Waals surface area contributed by atoms with Crippen LogP contribution in [-0.2, 0) is 22.7 Å². The lowest BCUT2D eigenvalue weighted by Crippen LogP contribution is -2.58. The SMILES string of the molecule is Cc1c(S(=O)(=O)N2CC[C@@](O)(c3ccccc3)[C@H]3CCCC[C@H]32)cnn1C. The van der Waals surface area contributed by atoms with Crippen LogP contribution >= 0.6 is 0 Å². The first kappa shape index (κ1) is 18.7. The smallest absolute Gasteiger partial charge is 0.246 e. The highest BCUT2D eigenvalue weighted by Crippen LogP contribution is 2.48.